The summed E-state index contributed by atoms with van der Waals surface area (Å²) in [6, 6.07) is 11.7. The summed E-state index contributed by atoms with van der Waals surface area (Å²) in [5.74, 6) is 9.76. The molecule has 0 spiro atoms. The summed E-state index contributed by atoms with van der Waals surface area (Å²) < 4.78 is 0. The van der Waals surface area contributed by atoms with E-state index in [1.165, 1.54) is 5.56 Å². The van der Waals surface area contributed by atoms with Crippen LogP contribution < -0.4 is 5.73 Å². The Kier molecular flexibility index (Phi) is 9.27. The lowest BCUT2D eigenvalue weighted by Gasteiger charge is -2.17. The Morgan fingerprint density at radius 2 is 2.00 bits per heavy atom. The maximum atomic E-state index is 6.11. The van der Waals surface area contributed by atoms with E-state index in [2.05, 4.69) is 40.7 Å². The van der Waals surface area contributed by atoms with Gasteiger partial charge in [0.2, 0.25) is 0 Å². The highest BCUT2D eigenvalue weighted by Crippen LogP contribution is 2.26. The fourth-order valence-electron chi connectivity index (χ4n) is 3.58. The van der Waals surface area contributed by atoms with E-state index in [0.29, 0.717) is 17.4 Å². The molecule has 1 aromatic carbocycles. The quantitative estimate of drug-likeness (QED) is 0.257. The van der Waals surface area contributed by atoms with Gasteiger partial charge in [-0.1, -0.05) is 35.7 Å². The van der Waals surface area contributed by atoms with Gasteiger partial charge in [-0.05, 0) is 74.8 Å². The molecule has 0 radical (unpaired) electrons. The van der Waals surface area contributed by atoms with Gasteiger partial charge in [-0.25, -0.2) is 9.98 Å². The highest BCUT2D eigenvalue weighted by atomic mass is 35.5. The summed E-state index contributed by atoms with van der Waals surface area (Å²) in [6.45, 7) is 4.53. The van der Waals surface area contributed by atoms with Gasteiger partial charge in [0, 0.05) is 47.1 Å². The maximum Gasteiger partial charge on any atom is 0.113 e. The van der Waals surface area contributed by atoms with Gasteiger partial charge in [0.25, 0.3) is 0 Å². The summed E-state index contributed by atoms with van der Waals surface area (Å²) in [7, 11) is 0. The first-order valence-corrected chi connectivity index (χ1v) is 11.8. The van der Waals surface area contributed by atoms with Crippen LogP contribution in [-0.4, -0.2) is 23.1 Å². The number of rotatable bonds is 5. The Balaban J connectivity index is 1.96. The number of nitrogens with two attached hydrogens (primary N) is 1. The fraction of sp³-hybridized carbons (Fsp3) is 0.276. The molecular formula is C29H29ClN4. The summed E-state index contributed by atoms with van der Waals surface area (Å²) in [4.78, 5) is 13.8. The standard InChI is InChI=1S/C29H29ClN4/c1-4-5-6-8-23-10-16-27(34-19-23)17-13-24-9-7-18-32-29(25-11-14-26(30)15-12-25)28(21(24)2)20-33-22(3)31/h1,10-12,14-16,19-20H,5-9,18H2,2-3H3,(H2,31,33)/b24-21+,28-20-,32-29?. The lowest BCUT2D eigenvalue weighted by atomic mass is 9.91. The van der Waals surface area contributed by atoms with E-state index < -0.39 is 0 Å². The number of hydrogen-bond donors (Lipinski definition) is 1. The zero-order chi connectivity index (χ0) is 24.3. The van der Waals surface area contributed by atoms with E-state index in [-0.39, 0.29) is 0 Å². The molecule has 0 unspecified atom stereocenters. The molecule has 5 heteroatoms. The third-order valence-corrected chi connectivity index (χ3v) is 5.69. The predicted molar refractivity (Wildman–Crippen MR) is 143 cm³/mol. The van der Waals surface area contributed by atoms with Gasteiger partial charge in [0.1, 0.15) is 5.69 Å². The minimum absolute atomic E-state index is 0.483. The topological polar surface area (TPSA) is 63.6 Å². The molecule has 0 saturated heterocycles. The Labute approximate surface area is 207 Å². The second-order valence-electron chi connectivity index (χ2n) is 8.12. The summed E-state index contributed by atoms with van der Waals surface area (Å²) in [5.41, 5.74) is 12.6. The monoisotopic (exact) mass is 468 g/mol. The molecule has 172 valence electrons. The van der Waals surface area contributed by atoms with E-state index in [9.17, 15) is 0 Å². The number of aryl methyl sites for hydroxylation is 1. The largest absolute Gasteiger partial charge is 0.387 e. The molecule has 0 aliphatic carbocycles. The molecule has 0 saturated carbocycles. The van der Waals surface area contributed by atoms with E-state index in [1.54, 1.807) is 13.1 Å². The number of aromatic nitrogens is 1. The predicted octanol–water partition coefficient (Wildman–Crippen LogP) is 5.90. The van der Waals surface area contributed by atoms with Crippen molar-refractivity contribution in [3.05, 3.63) is 87.4 Å². The Bertz CT molecular complexity index is 1220. The second-order valence-corrected chi connectivity index (χ2v) is 8.55. The van der Waals surface area contributed by atoms with Crippen LogP contribution >= 0.6 is 11.6 Å². The molecule has 2 N–H and O–H groups in total. The first-order valence-electron chi connectivity index (χ1n) is 11.4. The minimum atomic E-state index is 0.483. The number of benzene rings is 1. The normalized spacial score (nSPS) is 17.8. The van der Waals surface area contributed by atoms with Crippen molar-refractivity contribution in [2.45, 2.75) is 46.0 Å². The van der Waals surface area contributed by atoms with Crippen LogP contribution in [0.1, 0.15) is 56.4 Å². The summed E-state index contributed by atoms with van der Waals surface area (Å²) >= 11 is 6.11. The number of unbranched alkanes of at least 4 members (excludes halogenated alkanes) is 1. The number of amidine groups is 1. The lowest BCUT2D eigenvalue weighted by molar-refractivity contribution is 0.829. The van der Waals surface area contributed by atoms with Crippen molar-refractivity contribution in [1.82, 2.24) is 4.98 Å². The van der Waals surface area contributed by atoms with Crippen LogP contribution in [0.2, 0.25) is 5.02 Å². The SMILES string of the molecule is C#CCCCc1ccc(C#C/C2=C(C)/C(=C/N=C(C)N)C(c3ccc(Cl)cc3)=NCCC2)nc1. The lowest BCUT2D eigenvalue weighted by Crippen LogP contribution is -2.12. The minimum Gasteiger partial charge on any atom is -0.387 e. The summed E-state index contributed by atoms with van der Waals surface area (Å²) in [6.07, 6.45) is 13.4. The number of halogens is 1. The first kappa shape index (κ1) is 25.0. The molecule has 0 amide bonds. The maximum absolute atomic E-state index is 6.11. The third-order valence-electron chi connectivity index (χ3n) is 5.43. The van der Waals surface area contributed by atoms with Gasteiger partial charge in [0.05, 0.1) is 11.5 Å². The Hall–Kier alpha value is -3.60. The van der Waals surface area contributed by atoms with Crippen molar-refractivity contribution in [2.75, 3.05) is 6.54 Å². The number of pyridine rings is 1. The zero-order valence-corrected chi connectivity index (χ0v) is 20.5. The Morgan fingerprint density at radius 3 is 2.68 bits per heavy atom. The van der Waals surface area contributed by atoms with Gasteiger partial charge in [0.15, 0.2) is 0 Å². The van der Waals surface area contributed by atoms with Crippen molar-refractivity contribution in [3.63, 3.8) is 0 Å². The number of hydrogen-bond acceptors (Lipinski definition) is 3. The van der Waals surface area contributed by atoms with Crippen LogP contribution in [0.4, 0.5) is 0 Å². The first-order chi connectivity index (χ1) is 16.5. The van der Waals surface area contributed by atoms with Crippen molar-refractivity contribution < 1.29 is 0 Å². The van der Waals surface area contributed by atoms with Gasteiger partial charge in [-0.15, -0.1) is 12.3 Å². The molecular weight excluding hydrogens is 440 g/mol. The smallest absolute Gasteiger partial charge is 0.113 e. The van der Waals surface area contributed by atoms with Crippen LogP contribution in [0.3, 0.4) is 0 Å². The van der Waals surface area contributed by atoms with E-state index in [4.69, 9.17) is 28.8 Å². The average Bonchev–Trinajstić information content (AvgIpc) is 2.82. The van der Waals surface area contributed by atoms with Crippen molar-refractivity contribution >= 4 is 23.1 Å². The van der Waals surface area contributed by atoms with Crippen LogP contribution in [0.25, 0.3) is 0 Å². The number of aliphatic imine (C=N–C) groups is 2. The molecule has 2 heterocycles. The van der Waals surface area contributed by atoms with Crippen molar-refractivity contribution in [3.8, 4) is 24.2 Å². The van der Waals surface area contributed by atoms with Crippen LogP contribution in [-0.2, 0) is 6.42 Å². The molecule has 0 atom stereocenters. The second kappa shape index (κ2) is 12.6. The van der Waals surface area contributed by atoms with Gasteiger partial charge in [-0.2, -0.15) is 0 Å². The molecule has 1 aliphatic heterocycles. The number of terminal acetylenes is 1. The Morgan fingerprint density at radius 1 is 1.21 bits per heavy atom. The molecule has 2 aromatic rings. The fourth-order valence-corrected chi connectivity index (χ4v) is 3.70. The number of nitrogens with zero attached hydrogens (tertiary/aromatic N) is 3. The number of allylic oxidation sites excluding steroid dienone is 3. The highest BCUT2D eigenvalue weighted by molar-refractivity contribution is 6.30. The molecule has 1 aliphatic rings. The molecule has 34 heavy (non-hydrogen) atoms. The van der Waals surface area contributed by atoms with Gasteiger partial charge >= 0.3 is 0 Å². The van der Waals surface area contributed by atoms with E-state index >= 15 is 0 Å². The molecule has 0 fully saturated rings. The van der Waals surface area contributed by atoms with Crippen LogP contribution in [0, 0.1) is 24.2 Å². The van der Waals surface area contributed by atoms with Crippen LogP contribution in [0.15, 0.2) is 75.5 Å². The van der Waals surface area contributed by atoms with Crippen molar-refractivity contribution in [2.24, 2.45) is 15.7 Å². The van der Waals surface area contributed by atoms with E-state index in [1.807, 2.05) is 36.5 Å². The molecule has 0 bridgehead atoms. The van der Waals surface area contributed by atoms with Gasteiger partial charge in [-0.3, -0.25) is 4.99 Å². The molecule has 3 rings (SSSR count). The molecule has 1 aromatic heterocycles. The van der Waals surface area contributed by atoms with E-state index in [0.717, 1.165) is 65.8 Å². The van der Waals surface area contributed by atoms with Crippen LogP contribution in [0.5, 0.6) is 0 Å². The average molecular weight is 469 g/mol. The van der Waals surface area contributed by atoms with Gasteiger partial charge < -0.3 is 5.73 Å². The zero-order valence-electron chi connectivity index (χ0n) is 19.7. The third kappa shape index (κ3) is 7.20. The highest BCUT2D eigenvalue weighted by Gasteiger charge is 2.17. The van der Waals surface area contributed by atoms with Crippen molar-refractivity contribution in [1.29, 1.82) is 0 Å². The summed E-state index contributed by atoms with van der Waals surface area (Å²) in [5, 5.41) is 0.685. The molecule has 4 nitrogen and oxygen atoms in total.